The number of phenols is 1. The number of aromatic nitrogens is 2. The Kier molecular flexibility index (Phi) is 3.76. The summed E-state index contributed by atoms with van der Waals surface area (Å²) in [5.41, 5.74) is 1.46. The maximum Gasteiger partial charge on any atom is 0.224 e. The van der Waals surface area contributed by atoms with Gasteiger partial charge in [0.25, 0.3) is 0 Å². The molecule has 1 saturated heterocycles. The van der Waals surface area contributed by atoms with Crippen molar-refractivity contribution >= 4 is 28.5 Å². The number of amides is 1. The Labute approximate surface area is 128 Å². The largest absolute Gasteiger partial charge is 0.508 e. The van der Waals surface area contributed by atoms with Gasteiger partial charge in [0.15, 0.2) is 0 Å². The van der Waals surface area contributed by atoms with E-state index in [1.165, 1.54) is 0 Å². The van der Waals surface area contributed by atoms with Crippen molar-refractivity contribution in [2.45, 2.75) is 32.9 Å². The average molecular weight is 308 g/mol. The van der Waals surface area contributed by atoms with Crippen LogP contribution in [0.4, 0.5) is 0 Å². The standard InChI is InChI=1S/C15H18ClN3O2/c1-2-3-10-6-14(21)18(8-10)9-19-13-7-11(20)4-5-12(13)17-15(19)16/h4-5,7,10,20H,2-3,6,8-9H2,1H3. The number of carbonyl (C=O) groups is 1. The zero-order chi connectivity index (χ0) is 15.0. The van der Waals surface area contributed by atoms with Crippen molar-refractivity contribution in [2.75, 3.05) is 6.54 Å². The maximum atomic E-state index is 12.1. The van der Waals surface area contributed by atoms with Gasteiger partial charge in [-0.1, -0.05) is 13.3 Å². The molecule has 1 aliphatic rings. The van der Waals surface area contributed by atoms with Crippen LogP contribution in [-0.2, 0) is 11.5 Å². The minimum absolute atomic E-state index is 0.159. The molecular weight excluding hydrogens is 290 g/mol. The van der Waals surface area contributed by atoms with E-state index in [0.717, 1.165) is 30.4 Å². The van der Waals surface area contributed by atoms with E-state index in [4.69, 9.17) is 11.6 Å². The molecular formula is C15H18ClN3O2. The molecule has 0 aliphatic carbocycles. The van der Waals surface area contributed by atoms with Gasteiger partial charge in [-0.3, -0.25) is 9.36 Å². The third-order valence-corrected chi connectivity index (χ3v) is 4.28. The molecule has 1 atom stereocenters. The lowest BCUT2D eigenvalue weighted by Gasteiger charge is -2.18. The molecule has 1 unspecified atom stereocenters. The van der Waals surface area contributed by atoms with Gasteiger partial charge in [-0.2, -0.15) is 0 Å². The Hall–Kier alpha value is -1.75. The highest BCUT2D eigenvalue weighted by molar-refractivity contribution is 6.29. The van der Waals surface area contributed by atoms with Crippen LogP contribution < -0.4 is 0 Å². The third kappa shape index (κ3) is 2.70. The Morgan fingerprint density at radius 2 is 2.29 bits per heavy atom. The van der Waals surface area contributed by atoms with Gasteiger partial charge in [-0.05, 0) is 36.1 Å². The Balaban J connectivity index is 1.86. The molecule has 3 rings (SSSR count). The van der Waals surface area contributed by atoms with E-state index in [1.807, 2.05) is 4.90 Å². The summed E-state index contributed by atoms with van der Waals surface area (Å²) in [5.74, 6) is 0.757. The highest BCUT2D eigenvalue weighted by Gasteiger charge is 2.29. The molecule has 1 N–H and O–H groups in total. The molecule has 21 heavy (non-hydrogen) atoms. The molecule has 5 nitrogen and oxygen atoms in total. The number of phenolic OH excluding ortho intramolecular Hbond substituents is 1. The molecule has 0 radical (unpaired) electrons. The van der Waals surface area contributed by atoms with Crippen LogP contribution in [0.1, 0.15) is 26.2 Å². The van der Waals surface area contributed by atoms with Crippen molar-refractivity contribution in [1.29, 1.82) is 0 Å². The SMILES string of the molecule is CCCC1CC(=O)N(Cn2c(Cl)nc3ccc(O)cc32)C1. The molecule has 1 fully saturated rings. The lowest BCUT2D eigenvalue weighted by atomic mass is 10.0. The number of nitrogens with zero attached hydrogens (tertiary/aromatic N) is 3. The Bertz CT molecular complexity index is 683. The lowest BCUT2D eigenvalue weighted by molar-refractivity contribution is -0.129. The van der Waals surface area contributed by atoms with Crippen LogP contribution in [0.2, 0.25) is 5.28 Å². The zero-order valence-corrected chi connectivity index (χ0v) is 12.7. The molecule has 112 valence electrons. The second kappa shape index (κ2) is 5.56. The van der Waals surface area contributed by atoms with Gasteiger partial charge in [0.05, 0.1) is 11.0 Å². The maximum absolute atomic E-state index is 12.1. The van der Waals surface area contributed by atoms with Crippen LogP contribution in [0.5, 0.6) is 5.75 Å². The lowest BCUT2D eigenvalue weighted by Crippen LogP contribution is -2.28. The molecule has 1 aromatic carbocycles. The number of imidazole rings is 1. The van der Waals surface area contributed by atoms with E-state index in [2.05, 4.69) is 11.9 Å². The number of fused-ring (bicyclic) bond motifs is 1. The van der Waals surface area contributed by atoms with Crippen LogP contribution in [0.25, 0.3) is 11.0 Å². The summed E-state index contributed by atoms with van der Waals surface area (Å²) in [5, 5.41) is 9.96. The summed E-state index contributed by atoms with van der Waals surface area (Å²) in [7, 11) is 0. The fraction of sp³-hybridized carbons (Fsp3) is 0.467. The summed E-state index contributed by atoms with van der Waals surface area (Å²) < 4.78 is 1.77. The molecule has 1 aliphatic heterocycles. The smallest absolute Gasteiger partial charge is 0.224 e. The number of benzene rings is 1. The van der Waals surface area contributed by atoms with Crippen molar-refractivity contribution < 1.29 is 9.90 Å². The second-order valence-corrected chi connectivity index (χ2v) is 5.94. The number of aromatic hydroxyl groups is 1. The molecule has 2 heterocycles. The topological polar surface area (TPSA) is 58.4 Å². The van der Waals surface area contributed by atoms with E-state index >= 15 is 0 Å². The van der Waals surface area contributed by atoms with Crippen molar-refractivity contribution in [2.24, 2.45) is 5.92 Å². The molecule has 6 heteroatoms. The monoisotopic (exact) mass is 307 g/mol. The number of halogens is 1. The Morgan fingerprint density at radius 1 is 1.48 bits per heavy atom. The van der Waals surface area contributed by atoms with Crippen LogP contribution in [0.15, 0.2) is 18.2 Å². The number of carbonyl (C=O) groups excluding carboxylic acids is 1. The molecule has 0 bridgehead atoms. The predicted molar refractivity (Wildman–Crippen MR) is 81.1 cm³/mol. The van der Waals surface area contributed by atoms with Crippen molar-refractivity contribution in [3.8, 4) is 5.75 Å². The van der Waals surface area contributed by atoms with E-state index in [1.54, 1.807) is 22.8 Å². The molecule has 1 aromatic heterocycles. The molecule has 1 amide bonds. The van der Waals surface area contributed by atoms with Crippen LogP contribution in [0.3, 0.4) is 0 Å². The van der Waals surface area contributed by atoms with Crippen LogP contribution in [-0.4, -0.2) is 32.0 Å². The summed E-state index contributed by atoms with van der Waals surface area (Å²) >= 11 is 6.18. The first-order valence-electron chi connectivity index (χ1n) is 7.21. The van der Waals surface area contributed by atoms with E-state index in [0.29, 0.717) is 24.3 Å². The first kappa shape index (κ1) is 14.2. The van der Waals surface area contributed by atoms with E-state index in [9.17, 15) is 9.90 Å². The summed E-state index contributed by atoms with van der Waals surface area (Å²) in [4.78, 5) is 18.2. The van der Waals surface area contributed by atoms with Crippen molar-refractivity contribution in [3.05, 3.63) is 23.5 Å². The van der Waals surface area contributed by atoms with Gasteiger partial charge in [-0.25, -0.2) is 4.98 Å². The summed E-state index contributed by atoms with van der Waals surface area (Å²) in [6.07, 6.45) is 2.78. The fourth-order valence-corrected chi connectivity index (χ4v) is 3.21. The minimum atomic E-state index is 0.159. The van der Waals surface area contributed by atoms with Gasteiger partial charge in [0.2, 0.25) is 11.2 Å². The zero-order valence-electron chi connectivity index (χ0n) is 11.9. The quantitative estimate of drug-likeness (QED) is 0.944. The molecule has 0 spiro atoms. The van der Waals surface area contributed by atoms with Crippen LogP contribution in [0, 0.1) is 5.92 Å². The summed E-state index contributed by atoms with van der Waals surface area (Å²) in [6, 6.07) is 4.92. The minimum Gasteiger partial charge on any atom is -0.508 e. The van der Waals surface area contributed by atoms with Gasteiger partial charge in [0, 0.05) is 19.0 Å². The third-order valence-electron chi connectivity index (χ3n) is 3.99. The fourth-order valence-electron chi connectivity index (χ4n) is 2.98. The number of likely N-dealkylation sites (tertiary alicyclic amines) is 1. The van der Waals surface area contributed by atoms with Gasteiger partial charge < -0.3 is 10.0 Å². The highest BCUT2D eigenvalue weighted by Crippen LogP contribution is 2.27. The first-order valence-corrected chi connectivity index (χ1v) is 7.58. The first-order chi connectivity index (χ1) is 10.1. The number of hydrogen-bond acceptors (Lipinski definition) is 3. The summed E-state index contributed by atoms with van der Waals surface area (Å²) in [6.45, 7) is 3.29. The predicted octanol–water partition coefficient (Wildman–Crippen LogP) is 3.00. The van der Waals surface area contributed by atoms with Crippen molar-refractivity contribution in [1.82, 2.24) is 14.5 Å². The van der Waals surface area contributed by atoms with E-state index in [-0.39, 0.29) is 11.7 Å². The number of rotatable bonds is 4. The normalized spacial score (nSPS) is 18.9. The second-order valence-electron chi connectivity index (χ2n) is 5.60. The van der Waals surface area contributed by atoms with Gasteiger partial charge >= 0.3 is 0 Å². The van der Waals surface area contributed by atoms with Gasteiger partial charge in [0.1, 0.15) is 12.4 Å². The molecule has 0 saturated carbocycles. The van der Waals surface area contributed by atoms with E-state index < -0.39 is 0 Å². The van der Waals surface area contributed by atoms with Crippen molar-refractivity contribution in [3.63, 3.8) is 0 Å². The number of hydrogen-bond donors (Lipinski definition) is 1. The van der Waals surface area contributed by atoms with Gasteiger partial charge in [-0.15, -0.1) is 0 Å². The highest BCUT2D eigenvalue weighted by atomic mass is 35.5. The van der Waals surface area contributed by atoms with Crippen LogP contribution >= 0.6 is 11.6 Å². The average Bonchev–Trinajstić information content (AvgIpc) is 2.93. The Morgan fingerprint density at radius 3 is 3.05 bits per heavy atom. The molecule has 2 aromatic rings.